The smallest absolute Gasteiger partial charge is 0.339 e. The van der Waals surface area contributed by atoms with Crippen LogP contribution in [-0.4, -0.2) is 23.2 Å². The second-order valence-electron chi connectivity index (χ2n) is 3.92. The van der Waals surface area contributed by atoms with Crippen LogP contribution >= 0.6 is 27.7 Å². The Hall–Kier alpha value is -1.53. The van der Waals surface area contributed by atoms with E-state index in [0.717, 1.165) is 15.1 Å². The predicted molar refractivity (Wildman–Crippen MR) is 81.5 cm³/mol. The first-order valence-corrected chi connectivity index (χ1v) is 7.53. The molecule has 0 spiro atoms. The van der Waals surface area contributed by atoms with E-state index in [9.17, 15) is 4.79 Å². The molecule has 0 fully saturated rings. The molecule has 0 unspecified atom stereocenters. The molecule has 1 heterocycles. The summed E-state index contributed by atoms with van der Waals surface area (Å²) in [7, 11) is 1.46. The van der Waals surface area contributed by atoms with Crippen molar-refractivity contribution in [3.8, 4) is 5.75 Å². The van der Waals surface area contributed by atoms with Gasteiger partial charge >= 0.3 is 5.97 Å². The third-order valence-electron chi connectivity index (χ3n) is 2.59. The van der Waals surface area contributed by atoms with Crippen LogP contribution < -0.4 is 4.74 Å². The third kappa shape index (κ3) is 3.52. The van der Waals surface area contributed by atoms with Gasteiger partial charge in [0.15, 0.2) is 0 Å². The quantitative estimate of drug-likeness (QED) is 0.827. The number of ether oxygens (including phenoxy) is 1. The first-order chi connectivity index (χ1) is 9.61. The van der Waals surface area contributed by atoms with E-state index >= 15 is 0 Å². The second kappa shape index (κ2) is 6.76. The van der Waals surface area contributed by atoms with Crippen molar-refractivity contribution in [3.63, 3.8) is 0 Å². The number of carboxylic acids is 1. The Morgan fingerprint density at radius 2 is 2.25 bits per heavy atom. The Labute approximate surface area is 129 Å². The minimum absolute atomic E-state index is 0.172. The maximum atomic E-state index is 11.2. The van der Waals surface area contributed by atoms with Gasteiger partial charge in [0.1, 0.15) is 16.3 Å². The predicted octanol–water partition coefficient (Wildman–Crippen LogP) is 3.84. The molecule has 1 aromatic heterocycles. The van der Waals surface area contributed by atoms with Crippen molar-refractivity contribution >= 4 is 33.7 Å². The number of hydrogen-bond acceptors (Lipinski definition) is 4. The molecular formula is C14H12BrNO3S. The number of nitrogens with zero attached hydrogens (tertiary/aromatic N) is 1. The summed E-state index contributed by atoms with van der Waals surface area (Å²) in [5, 5.41) is 10.0. The summed E-state index contributed by atoms with van der Waals surface area (Å²) >= 11 is 4.98. The van der Waals surface area contributed by atoms with Crippen molar-refractivity contribution in [1.29, 1.82) is 0 Å². The van der Waals surface area contributed by atoms with E-state index in [1.807, 2.05) is 18.2 Å². The van der Waals surface area contributed by atoms with Crippen molar-refractivity contribution in [2.75, 3.05) is 7.11 Å². The Morgan fingerprint density at radius 1 is 1.45 bits per heavy atom. The number of benzene rings is 1. The molecule has 0 bridgehead atoms. The Bertz CT molecular complexity index is 634. The number of pyridine rings is 1. The SMILES string of the molecule is COc1ccc(CSc2ncccc2Br)cc1C(=O)O. The van der Waals surface area contributed by atoms with Crippen LogP contribution in [0.1, 0.15) is 15.9 Å². The largest absolute Gasteiger partial charge is 0.496 e. The average Bonchev–Trinajstić information content (AvgIpc) is 2.46. The van der Waals surface area contributed by atoms with Gasteiger partial charge in [-0.25, -0.2) is 9.78 Å². The van der Waals surface area contributed by atoms with Crippen LogP contribution in [0, 0.1) is 0 Å². The summed E-state index contributed by atoms with van der Waals surface area (Å²) in [6.45, 7) is 0. The number of thioether (sulfide) groups is 1. The van der Waals surface area contributed by atoms with Crippen LogP contribution in [0.4, 0.5) is 0 Å². The van der Waals surface area contributed by atoms with E-state index in [4.69, 9.17) is 9.84 Å². The van der Waals surface area contributed by atoms with Crippen molar-refractivity contribution in [2.45, 2.75) is 10.8 Å². The Kier molecular flexibility index (Phi) is 5.03. The lowest BCUT2D eigenvalue weighted by atomic mass is 10.1. The molecule has 1 N–H and O–H groups in total. The fraction of sp³-hybridized carbons (Fsp3) is 0.143. The molecule has 0 saturated carbocycles. The van der Waals surface area contributed by atoms with Crippen LogP contribution in [0.25, 0.3) is 0 Å². The van der Waals surface area contributed by atoms with Gasteiger partial charge in [-0.3, -0.25) is 0 Å². The fourth-order valence-electron chi connectivity index (χ4n) is 1.64. The first-order valence-electron chi connectivity index (χ1n) is 5.75. The summed E-state index contributed by atoms with van der Waals surface area (Å²) in [6, 6.07) is 8.93. The molecule has 6 heteroatoms. The van der Waals surface area contributed by atoms with Crippen molar-refractivity contribution in [3.05, 3.63) is 52.1 Å². The number of hydrogen-bond donors (Lipinski definition) is 1. The first kappa shape index (κ1) is 14.9. The molecule has 20 heavy (non-hydrogen) atoms. The molecule has 2 rings (SSSR count). The topological polar surface area (TPSA) is 59.4 Å². The molecule has 0 aliphatic rings. The van der Waals surface area contributed by atoms with Crippen LogP contribution in [0.2, 0.25) is 0 Å². The average molecular weight is 354 g/mol. The Balaban J connectivity index is 2.16. The molecule has 0 amide bonds. The summed E-state index contributed by atoms with van der Waals surface area (Å²) < 4.78 is 5.96. The number of carboxylic acid groups (broad SMARTS) is 1. The summed E-state index contributed by atoms with van der Waals surface area (Å²) in [4.78, 5) is 15.4. The van der Waals surface area contributed by atoms with Gasteiger partial charge in [-0.15, -0.1) is 11.8 Å². The number of rotatable bonds is 5. The van der Waals surface area contributed by atoms with Crippen LogP contribution in [0.5, 0.6) is 5.75 Å². The molecular weight excluding hydrogens is 342 g/mol. The van der Waals surface area contributed by atoms with E-state index in [1.165, 1.54) is 7.11 Å². The maximum absolute atomic E-state index is 11.2. The van der Waals surface area contributed by atoms with Gasteiger partial charge in [-0.1, -0.05) is 6.07 Å². The lowest BCUT2D eigenvalue weighted by molar-refractivity contribution is 0.0693. The fourth-order valence-corrected chi connectivity index (χ4v) is 3.06. The lowest BCUT2D eigenvalue weighted by Crippen LogP contribution is -2.01. The van der Waals surface area contributed by atoms with Crippen molar-refractivity contribution in [2.24, 2.45) is 0 Å². The molecule has 2 aromatic rings. The minimum Gasteiger partial charge on any atom is -0.496 e. The molecule has 0 radical (unpaired) electrons. The van der Waals surface area contributed by atoms with E-state index < -0.39 is 5.97 Å². The van der Waals surface area contributed by atoms with Gasteiger partial charge in [0.2, 0.25) is 0 Å². The number of aromatic carboxylic acids is 1. The standard InChI is InChI=1S/C14H12BrNO3S/c1-19-12-5-4-9(7-10(12)14(17)18)8-20-13-11(15)3-2-6-16-13/h2-7H,8H2,1H3,(H,17,18). The number of methoxy groups -OCH3 is 1. The number of halogens is 1. The maximum Gasteiger partial charge on any atom is 0.339 e. The molecule has 0 aliphatic heterocycles. The molecule has 4 nitrogen and oxygen atoms in total. The second-order valence-corrected chi connectivity index (χ2v) is 5.74. The molecule has 0 atom stereocenters. The Morgan fingerprint density at radius 3 is 2.90 bits per heavy atom. The minimum atomic E-state index is -0.993. The highest BCUT2D eigenvalue weighted by molar-refractivity contribution is 9.10. The molecule has 1 aromatic carbocycles. The van der Waals surface area contributed by atoms with Gasteiger partial charge in [0.25, 0.3) is 0 Å². The zero-order valence-electron chi connectivity index (χ0n) is 10.7. The van der Waals surface area contributed by atoms with E-state index in [-0.39, 0.29) is 5.56 Å². The van der Waals surface area contributed by atoms with Crippen LogP contribution in [0.3, 0.4) is 0 Å². The normalized spacial score (nSPS) is 10.3. The van der Waals surface area contributed by atoms with Crippen molar-refractivity contribution < 1.29 is 14.6 Å². The van der Waals surface area contributed by atoms with E-state index in [0.29, 0.717) is 11.5 Å². The highest BCUT2D eigenvalue weighted by Crippen LogP contribution is 2.29. The van der Waals surface area contributed by atoms with E-state index in [2.05, 4.69) is 20.9 Å². The van der Waals surface area contributed by atoms with Crippen LogP contribution in [-0.2, 0) is 5.75 Å². The number of aromatic nitrogens is 1. The highest BCUT2D eigenvalue weighted by Gasteiger charge is 2.12. The van der Waals surface area contributed by atoms with Gasteiger partial charge in [-0.05, 0) is 45.8 Å². The van der Waals surface area contributed by atoms with Gasteiger partial charge in [0.05, 0.1) is 7.11 Å². The van der Waals surface area contributed by atoms with Gasteiger partial charge < -0.3 is 9.84 Å². The van der Waals surface area contributed by atoms with Crippen LogP contribution in [0.15, 0.2) is 46.0 Å². The summed E-state index contributed by atoms with van der Waals surface area (Å²) in [5.41, 5.74) is 1.08. The molecule has 0 aliphatic carbocycles. The monoisotopic (exact) mass is 353 g/mol. The molecule has 104 valence electrons. The zero-order valence-corrected chi connectivity index (χ0v) is 13.1. The lowest BCUT2D eigenvalue weighted by Gasteiger charge is -2.08. The number of carbonyl (C=O) groups is 1. The third-order valence-corrected chi connectivity index (χ3v) is 4.57. The summed E-state index contributed by atoms with van der Waals surface area (Å²) in [6.07, 6.45) is 1.73. The summed E-state index contributed by atoms with van der Waals surface area (Å²) in [5.74, 6) is 0.0119. The van der Waals surface area contributed by atoms with Crippen molar-refractivity contribution in [1.82, 2.24) is 4.98 Å². The van der Waals surface area contributed by atoms with E-state index in [1.54, 1.807) is 30.1 Å². The molecule has 0 saturated heterocycles. The highest BCUT2D eigenvalue weighted by atomic mass is 79.9. The van der Waals surface area contributed by atoms with Gasteiger partial charge in [0, 0.05) is 16.4 Å². The zero-order chi connectivity index (χ0) is 14.5. The van der Waals surface area contributed by atoms with Gasteiger partial charge in [-0.2, -0.15) is 0 Å².